The zero-order valence-corrected chi connectivity index (χ0v) is 14.1. The third-order valence-corrected chi connectivity index (χ3v) is 5.78. The molecule has 1 aromatic rings. The highest BCUT2D eigenvalue weighted by Crippen LogP contribution is 2.26. The largest absolute Gasteiger partial charge is 0.300 e. The molecule has 1 rings (SSSR count). The van der Waals surface area contributed by atoms with Gasteiger partial charge < -0.3 is 0 Å². The Morgan fingerprint density at radius 3 is 2.19 bits per heavy atom. The fourth-order valence-electron chi connectivity index (χ4n) is 2.45. The Morgan fingerprint density at radius 1 is 1.10 bits per heavy atom. The van der Waals surface area contributed by atoms with Gasteiger partial charge in [0.25, 0.3) is 0 Å². The van der Waals surface area contributed by atoms with Crippen molar-refractivity contribution >= 4 is 15.6 Å². The van der Waals surface area contributed by atoms with Crippen molar-refractivity contribution in [2.45, 2.75) is 63.7 Å². The smallest absolute Gasteiger partial charge is 0.178 e. The lowest BCUT2D eigenvalue weighted by Crippen LogP contribution is -2.07. The molecule has 1 unspecified atom stereocenters. The predicted molar refractivity (Wildman–Crippen MR) is 86.3 cm³/mol. The molecular weight excluding hydrogens is 284 g/mol. The van der Waals surface area contributed by atoms with Gasteiger partial charge in [0, 0.05) is 12.8 Å². The van der Waals surface area contributed by atoms with Gasteiger partial charge in [-0.05, 0) is 42.9 Å². The van der Waals surface area contributed by atoms with Crippen LogP contribution in [0, 0.1) is 0 Å². The summed E-state index contributed by atoms with van der Waals surface area (Å²) in [5.41, 5.74) is 1.12. The monoisotopic (exact) mass is 310 g/mol. The van der Waals surface area contributed by atoms with E-state index >= 15 is 0 Å². The molecule has 0 heterocycles. The second-order valence-corrected chi connectivity index (χ2v) is 7.53. The van der Waals surface area contributed by atoms with E-state index in [-0.39, 0.29) is 11.5 Å². The van der Waals surface area contributed by atoms with Gasteiger partial charge in [0.2, 0.25) is 0 Å². The highest BCUT2D eigenvalue weighted by atomic mass is 32.2. The van der Waals surface area contributed by atoms with Crippen LogP contribution in [0.15, 0.2) is 29.2 Å². The summed E-state index contributed by atoms with van der Waals surface area (Å²) in [5, 5.41) is 0. The minimum absolute atomic E-state index is 0.189. The van der Waals surface area contributed by atoms with Crippen molar-refractivity contribution in [3.63, 3.8) is 0 Å². The molecule has 1 aromatic carbocycles. The normalized spacial score (nSPS) is 13.1. The molecule has 0 radical (unpaired) electrons. The standard InChI is InChI=1S/C17H26O3S/c1-4-13-21(19,20)17-11-8-15(9-12-17)14(5-2)7-10-16(18)6-3/h8-9,11-12,14H,4-7,10,13H2,1-3H3. The third-order valence-electron chi connectivity index (χ3n) is 3.84. The maximum absolute atomic E-state index is 12.0. The Morgan fingerprint density at radius 2 is 1.71 bits per heavy atom. The molecule has 0 aliphatic carbocycles. The van der Waals surface area contributed by atoms with E-state index in [0.717, 1.165) is 18.4 Å². The highest BCUT2D eigenvalue weighted by molar-refractivity contribution is 7.91. The number of Topliss-reactive ketones (excluding diaryl/α,β-unsaturated/α-hetero) is 1. The van der Waals surface area contributed by atoms with E-state index in [1.807, 2.05) is 26.0 Å². The van der Waals surface area contributed by atoms with Crippen molar-refractivity contribution in [3.8, 4) is 0 Å². The fourth-order valence-corrected chi connectivity index (χ4v) is 3.78. The van der Waals surface area contributed by atoms with Gasteiger partial charge in [-0.2, -0.15) is 0 Å². The van der Waals surface area contributed by atoms with Crippen molar-refractivity contribution in [2.75, 3.05) is 5.75 Å². The topological polar surface area (TPSA) is 51.2 Å². The molecular formula is C17H26O3S. The van der Waals surface area contributed by atoms with Gasteiger partial charge >= 0.3 is 0 Å². The Balaban J connectivity index is 2.82. The summed E-state index contributed by atoms with van der Waals surface area (Å²) in [6, 6.07) is 7.19. The second kappa shape index (κ2) is 8.32. The van der Waals surface area contributed by atoms with E-state index in [2.05, 4.69) is 6.92 Å². The van der Waals surface area contributed by atoms with Crippen LogP contribution < -0.4 is 0 Å². The molecule has 118 valence electrons. The number of benzene rings is 1. The molecule has 3 nitrogen and oxygen atoms in total. The number of hydrogen-bond acceptors (Lipinski definition) is 3. The summed E-state index contributed by atoms with van der Waals surface area (Å²) in [5.74, 6) is 0.799. The maximum Gasteiger partial charge on any atom is 0.178 e. The molecule has 0 aliphatic rings. The molecule has 4 heteroatoms. The van der Waals surface area contributed by atoms with Gasteiger partial charge in [-0.3, -0.25) is 4.79 Å². The highest BCUT2D eigenvalue weighted by Gasteiger charge is 2.15. The Hall–Kier alpha value is -1.16. The van der Waals surface area contributed by atoms with Crippen LogP contribution in [0.4, 0.5) is 0 Å². The van der Waals surface area contributed by atoms with E-state index in [0.29, 0.717) is 30.1 Å². The van der Waals surface area contributed by atoms with E-state index in [1.165, 1.54) is 0 Å². The molecule has 0 N–H and O–H groups in total. The second-order valence-electron chi connectivity index (χ2n) is 5.42. The fraction of sp³-hybridized carbons (Fsp3) is 0.588. The SMILES string of the molecule is CCCS(=O)(=O)c1ccc(C(CC)CCC(=O)CC)cc1. The summed E-state index contributed by atoms with van der Waals surface area (Å²) < 4.78 is 24.0. The van der Waals surface area contributed by atoms with Crippen molar-refractivity contribution in [2.24, 2.45) is 0 Å². The lowest BCUT2D eigenvalue weighted by Gasteiger charge is -2.15. The first-order valence-corrected chi connectivity index (χ1v) is 9.44. The molecule has 0 amide bonds. The van der Waals surface area contributed by atoms with Crippen LogP contribution in [0.5, 0.6) is 0 Å². The van der Waals surface area contributed by atoms with Gasteiger partial charge in [-0.1, -0.05) is 32.9 Å². The van der Waals surface area contributed by atoms with Gasteiger partial charge in [-0.15, -0.1) is 0 Å². The number of sulfone groups is 1. The summed E-state index contributed by atoms with van der Waals surface area (Å²) in [4.78, 5) is 11.8. The van der Waals surface area contributed by atoms with Gasteiger partial charge in [0.1, 0.15) is 5.78 Å². The quantitative estimate of drug-likeness (QED) is 0.689. The van der Waals surface area contributed by atoms with E-state index in [4.69, 9.17) is 0 Å². The summed E-state index contributed by atoms with van der Waals surface area (Å²) in [6.45, 7) is 5.85. The average Bonchev–Trinajstić information content (AvgIpc) is 2.48. The predicted octanol–water partition coefficient (Wildman–Crippen LogP) is 4.12. The average molecular weight is 310 g/mol. The van der Waals surface area contributed by atoms with Gasteiger partial charge in [0.15, 0.2) is 9.84 Å². The molecule has 0 spiro atoms. The molecule has 0 bridgehead atoms. The van der Waals surface area contributed by atoms with Crippen LogP contribution in [0.1, 0.15) is 64.4 Å². The van der Waals surface area contributed by atoms with E-state index < -0.39 is 9.84 Å². The van der Waals surface area contributed by atoms with Gasteiger partial charge in [-0.25, -0.2) is 8.42 Å². The van der Waals surface area contributed by atoms with E-state index in [9.17, 15) is 13.2 Å². The van der Waals surface area contributed by atoms with Gasteiger partial charge in [0.05, 0.1) is 10.6 Å². The molecule has 0 saturated heterocycles. The van der Waals surface area contributed by atoms with Crippen molar-refractivity contribution in [3.05, 3.63) is 29.8 Å². The lowest BCUT2D eigenvalue weighted by atomic mass is 9.91. The van der Waals surface area contributed by atoms with Crippen LogP contribution in [0.2, 0.25) is 0 Å². The lowest BCUT2D eigenvalue weighted by molar-refractivity contribution is -0.118. The molecule has 0 aliphatic heterocycles. The number of carbonyl (C=O) groups excluding carboxylic acids is 1. The number of carbonyl (C=O) groups is 1. The first kappa shape index (κ1) is 17.9. The maximum atomic E-state index is 12.0. The van der Waals surface area contributed by atoms with Crippen LogP contribution in [-0.4, -0.2) is 20.0 Å². The summed E-state index contributed by atoms with van der Waals surface area (Å²) >= 11 is 0. The minimum atomic E-state index is -3.14. The summed E-state index contributed by atoms with van der Waals surface area (Å²) in [6.07, 6.45) is 3.61. The zero-order valence-electron chi connectivity index (χ0n) is 13.3. The van der Waals surface area contributed by atoms with Crippen LogP contribution in [0.3, 0.4) is 0 Å². The van der Waals surface area contributed by atoms with E-state index in [1.54, 1.807) is 12.1 Å². The molecule has 0 saturated carbocycles. The van der Waals surface area contributed by atoms with Crippen LogP contribution >= 0.6 is 0 Å². The summed E-state index contributed by atoms with van der Waals surface area (Å²) in [7, 11) is -3.14. The minimum Gasteiger partial charge on any atom is -0.300 e. The molecule has 0 fully saturated rings. The van der Waals surface area contributed by atoms with Crippen molar-refractivity contribution in [1.29, 1.82) is 0 Å². The third kappa shape index (κ3) is 5.27. The zero-order chi connectivity index (χ0) is 15.9. The Kier molecular flexibility index (Phi) is 7.09. The number of hydrogen-bond donors (Lipinski definition) is 0. The number of rotatable bonds is 9. The molecule has 1 atom stereocenters. The molecule has 21 heavy (non-hydrogen) atoms. The van der Waals surface area contributed by atoms with Crippen LogP contribution in [0.25, 0.3) is 0 Å². The van der Waals surface area contributed by atoms with Crippen LogP contribution in [-0.2, 0) is 14.6 Å². The number of ketones is 1. The van der Waals surface area contributed by atoms with Crippen molar-refractivity contribution in [1.82, 2.24) is 0 Å². The molecule has 0 aromatic heterocycles. The Bertz CT molecular complexity index is 544. The first-order chi connectivity index (χ1) is 9.94. The van der Waals surface area contributed by atoms with Crippen molar-refractivity contribution < 1.29 is 13.2 Å². The first-order valence-electron chi connectivity index (χ1n) is 7.79. The Labute approximate surface area is 128 Å².